The maximum atomic E-state index is 10.5. The van der Waals surface area contributed by atoms with Crippen LogP contribution >= 0.6 is 0 Å². The van der Waals surface area contributed by atoms with Crippen molar-refractivity contribution in [3.63, 3.8) is 0 Å². The van der Waals surface area contributed by atoms with E-state index in [0.29, 0.717) is 5.69 Å². The molecule has 0 spiro atoms. The molecule has 1 rings (SSSR count). The normalized spacial score (nSPS) is 10.0. The predicted molar refractivity (Wildman–Crippen MR) is 55.5 cm³/mol. The van der Waals surface area contributed by atoms with Crippen molar-refractivity contribution in [2.24, 2.45) is 0 Å². The van der Waals surface area contributed by atoms with Gasteiger partial charge in [0.15, 0.2) is 0 Å². The molecule has 0 fully saturated rings. The number of carbonyl (C=O) groups is 1. The molecule has 0 aromatic heterocycles. The van der Waals surface area contributed by atoms with E-state index in [1.807, 2.05) is 0 Å². The van der Waals surface area contributed by atoms with Crippen molar-refractivity contribution in [3.8, 4) is 5.75 Å². The fourth-order valence-electron chi connectivity index (χ4n) is 0.769. The molecule has 0 unspecified atom stereocenters. The van der Waals surface area contributed by atoms with Crippen LogP contribution in [0, 0.1) is 0 Å². The first-order valence-electron chi connectivity index (χ1n) is 4.04. The zero-order chi connectivity index (χ0) is 12.8. The molecule has 0 aliphatic heterocycles. The molecule has 7 nitrogen and oxygen atoms in total. The Morgan fingerprint density at radius 1 is 1.25 bits per heavy atom. The maximum absolute atomic E-state index is 10.5. The minimum atomic E-state index is -5.12. The van der Waals surface area contributed by atoms with Gasteiger partial charge < -0.3 is 10.4 Å². The Balaban J connectivity index is 0.000000385. The molecule has 5 N–H and O–H groups in total. The van der Waals surface area contributed by atoms with Gasteiger partial charge >= 0.3 is 30.5 Å². The first-order chi connectivity index (χ1) is 7.20. The van der Waals surface area contributed by atoms with E-state index in [-0.39, 0.29) is 11.7 Å². The molecule has 1 amide bonds. The van der Waals surface area contributed by atoms with Crippen LogP contribution in [0.1, 0.15) is 6.92 Å². The Labute approximate surface area is 94.7 Å². The van der Waals surface area contributed by atoms with Crippen LogP contribution in [0.2, 0.25) is 0 Å². The van der Waals surface area contributed by atoms with Gasteiger partial charge in [0.2, 0.25) is 5.91 Å². The molecule has 0 radical (unpaired) electrons. The van der Waals surface area contributed by atoms with Crippen LogP contribution in [0.15, 0.2) is 24.3 Å². The van der Waals surface area contributed by atoms with Crippen LogP contribution in [0.3, 0.4) is 0 Å². The second-order valence-electron chi connectivity index (χ2n) is 2.71. The summed E-state index contributed by atoms with van der Waals surface area (Å²) in [7, 11) is 0. The summed E-state index contributed by atoms with van der Waals surface area (Å²) in [6.07, 6.45) is 0. The molecule has 0 saturated heterocycles. The molecule has 1 aromatic rings. The number of phenolic OH excluding ortho intramolecular Hbond substituents is 1. The Bertz CT molecular complexity index is 393. The van der Waals surface area contributed by atoms with Crippen LogP contribution in [-0.4, -0.2) is 37.8 Å². The number of rotatable bonds is 1. The van der Waals surface area contributed by atoms with E-state index in [2.05, 4.69) is 5.32 Å². The van der Waals surface area contributed by atoms with Crippen molar-refractivity contribution in [1.82, 2.24) is 0 Å². The number of carbonyl (C=O) groups excluding carboxylic acids is 1. The third kappa shape index (κ3) is 9.29. The van der Waals surface area contributed by atoms with Gasteiger partial charge in [-0.15, -0.1) is 0 Å². The predicted octanol–water partition coefficient (Wildman–Crippen LogP) is -0.820. The molecule has 8 heteroatoms. The first-order valence-corrected chi connectivity index (χ1v) is 7.32. The van der Waals surface area contributed by atoms with Gasteiger partial charge in [0, 0.05) is 6.92 Å². The summed E-state index contributed by atoms with van der Waals surface area (Å²) in [6.45, 7) is 1.40. The second kappa shape index (κ2) is 6.34. The average Bonchev–Trinajstić information content (AvgIpc) is 2.05. The van der Waals surface area contributed by atoms with E-state index < -0.39 is 14.5 Å². The van der Waals surface area contributed by atoms with Crippen molar-refractivity contribution in [2.75, 3.05) is 5.32 Å². The fourth-order valence-corrected chi connectivity index (χ4v) is 0.769. The van der Waals surface area contributed by atoms with Gasteiger partial charge in [0.05, 0.1) is 5.69 Å². The van der Waals surface area contributed by atoms with E-state index in [1.54, 1.807) is 18.2 Å². The van der Waals surface area contributed by atoms with Crippen molar-refractivity contribution in [2.45, 2.75) is 6.92 Å². The minimum absolute atomic E-state index is 0.0858. The number of nitrogens with one attached hydrogen (secondary N) is 1. The quantitative estimate of drug-likeness (QED) is 0.340. The van der Waals surface area contributed by atoms with Crippen LogP contribution in [0.25, 0.3) is 0 Å². The van der Waals surface area contributed by atoms with E-state index >= 15 is 0 Å². The van der Waals surface area contributed by atoms with Gasteiger partial charge in [-0.3, -0.25) is 4.79 Å². The zero-order valence-corrected chi connectivity index (χ0v) is 10.2. The summed E-state index contributed by atoms with van der Waals surface area (Å²) >= 11 is -5.12. The molecule has 0 aliphatic rings. The average molecular weight is 293 g/mol. The Morgan fingerprint density at radius 3 is 2.06 bits per heavy atom. The summed E-state index contributed by atoms with van der Waals surface area (Å²) in [5.41, 5.74) is 0.444. The number of benzene rings is 1. The number of hydrogen-bond donors (Lipinski definition) is 5. The number of aromatic hydroxyl groups is 1. The third-order valence-electron chi connectivity index (χ3n) is 1.21. The van der Waals surface area contributed by atoms with Crippen molar-refractivity contribution >= 4 is 26.1 Å². The van der Waals surface area contributed by atoms with Crippen molar-refractivity contribution in [1.29, 1.82) is 0 Å². The topological polar surface area (TPSA) is 127 Å². The molecule has 0 heterocycles. The fraction of sp³-hybridized carbons (Fsp3) is 0.125. The van der Waals surface area contributed by atoms with Gasteiger partial charge in [0.1, 0.15) is 5.75 Å². The van der Waals surface area contributed by atoms with E-state index in [1.165, 1.54) is 13.0 Å². The number of para-hydroxylation sites is 2. The van der Waals surface area contributed by atoms with E-state index in [0.717, 1.165) is 0 Å². The van der Waals surface area contributed by atoms with Crippen LogP contribution < -0.4 is 5.32 Å². The summed E-state index contributed by atoms with van der Waals surface area (Å²) in [5, 5.41) is 11.6. The molecular weight excluding hydrogens is 281 g/mol. The van der Waals surface area contributed by atoms with Gasteiger partial charge in [-0.2, -0.15) is 0 Å². The number of phenols is 1. The summed E-state index contributed by atoms with van der Waals surface area (Å²) in [4.78, 5) is 10.5. The number of hydrogen-bond acceptors (Lipinski definition) is 3. The molecule has 0 atom stereocenters. The van der Waals surface area contributed by atoms with Crippen LogP contribution in [0.5, 0.6) is 5.75 Å². The third-order valence-corrected chi connectivity index (χ3v) is 1.21. The number of anilines is 1. The van der Waals surface area contributed by atoms with Gasteiger partial charge in [0.25, 0.3) is 0 Å². The van der Waals surface area contributed by atoms with Crippen LogP contribution in [-0.2, 0) is 8.53 Å². The Hall–Kier alpha value is -1.27. The summed E-state index contributed by atoms with van der Waals surface area (Å²) in [5.74, 6) is -0.103. The SMILES string of the molecule is CC(=O)Nc1ccccc1O.O=[As](O)(O)O. The number of amides is 1. The van der Waals surface area contributed by atoms with E-state index in [4.69, 9.17) is 21.1 Å². The first kappa shape index (κ1) is 14.7. The van der Waals surface area contributed by atoms with Crippen LogP contribution in [0.4, 0.5) is 5.69 Å². The van der Waals surface area contributed by atoms with Gasteiger partial charge in [-0.05, 0) is 12.1 Å². The standard InChI is InChI=1S/C8H9NO2.AsH3O4/c1-6(10)9-7-4-2-3-5-8(7)11;2-1(3,4)5/h2-5,11H,1H3,(H,9,10);(H3,2,3,4,5). The monoisotopic (exact) mass is 293 g/mol. The second-order valence-corrected chi connectivity index (χ2v) is 4.87. The van der Waals surface area contributed by atoms with E-state index in [9.17, 15) is 4.79 Å². The summed E-state index contributed by atoms with van der Waals surface area (Å²) in [6, 6.07) is 6.59. The Morgan fingerprint density at radius 2 is 1.69 bits per heavy atom. The molecule has 0 saturated carbocycles. The molecule has 0 bridgehead atoms. The van der Waals surface area contributed by atoms with Gasteiger partial charge in [-0.1, -0.05) is 12.1 Å². The van der Waals surface area contributed by atoms with Crippen molar-refractivity contribution in [3.05, 3.63) is 24.3 Å². The molecule has 0 aliphatic carbocycles. The summed E-state index contributed by atoms with van der Waals surface area (Å²) < 4.78 is 30.7. The van der Waals surface area contributed by atoms with Gasteiger partial charge in [-0.25, -0.2) is 0 Å². The molecular formula is C8H12AsNO6. The molecule has 1 aromatic carbocycles. The Kier molecular flexibility index (Phi) is 5.84. The molecule has 16 heavy (non-hydrogen) atoms. The zero-order valence-electron chi connectivity index (χ0n) is 8.36. The van der Waals surface area contributed by atoms with Crippen molar-refractivity contribution < 1.29 is 25.9 Å². The molecule has 90 valence electrons.